The molecule has 0 amide bonds. The van der Waals surface area contributed by atoms with Crippen molar-refractivity contribution in [2.45, 2.75) is 56.1 Å². The molecule has 46 heavy (non-hydrogen) atoms. The summed E-state index contributed by atoms with van der Waals surface area (Å²) < 4.78 is 85.9. The number of nitrogens with zero attached hydrogens (tertiary/aromatic N) is 7. The second kappa shape index (κ2) is 11.5. The van der Waals surface area contributed by atoms with Gasteiger partial charge in [-0.2, -0.15) is 0 Å². The first-order valence-corrected chi connectivity index (χ1v) is 15.9. The van der Waals surface area contributed by atoms with Crippen LogP contribution in [0.1, 0.15) is 18.3 Å². The highest BCUT2D eigenvalue weighted by Gasteiger charge is 2.54. The third-order valence-corrected chi connectivity index (χ3v) is 9.28. The van der Waals surface area contributed by atoms with E-state index in [0.717, 1.165) is 0 Å². The molecule has 9 unspecified atom stereocenters. The SMILES string of the molecule is [BH3-][P@@]1(=O)OCC2OC(n3cnc4c(=O)[nH]c(C)nc43)C(OP(=O)(O)OCC3OC(n4cnc5c(N)ncnc54)C(F)C3O1)C2OC. The van der Waals surface area contributed by atoms with Gasteiger partial charge in [-0.25, -0.2) is 33.9 Å². The molecule has 20 nitrogen and oxygen atoms in total. The van der Waals surface area contributed by atoms with Crippen LogP contribution in [0.15, 0.2) is 23.8 Å². The van der Waals surface area contributed by atoms with Gasteiger partial charge in [0, 0.05) is 7.11 Å². The van der Waals surface area contributed by atoms with Crippen molar-refractivity contribution < 1.29 is 50.7 Å². The van der Waals surface area contributed by atoms with Crippen LogP contribution in [-0.4, -0.2) is 109 Å². The van der Waals surface area contributed by atoms with Crippen molar-refractivity contribution in [1.29, 1.82) is 0 Å². The molecule has 0 radical (unpaired) electrons. The molecule has 0 aromatic carbocycles. The number of nitrogens with one attached hydrogen (secondary N) is 1. The number of alkyl halides is 1. The average molecular weight is 686 g/mol. The average Bonchev–Trinajstić information content (AvgIpc) is 3.75. The molecule has 4 aromatic rings. The molecule has 0 spiro atoms. The summed E-state index contributed by atoms with van der Waals surface area (Å²) in [5.74, 6) is 0.343. The predicted octanol–water partition coefficient (Wildman–Crippen LogP) is -0.611. The molecule has 24 heteroatoms. The highest BCUT2D eigenvalue weighted by Crippen LogP contribution is 2.54. The summed E-state index contributed by atoms with van der Waals surface area (Å²) in [6, 6.07) is 0. The van der Waals surface area contributed by atoms with Gasteiger partial charge in [0.15, 0.2) is 41.3 Å². The van der Waals surface area contributed by atoms with E-state index in [2.05, 4.69) is 29.9 Å². The molecular weight excluding hydrogens is 658 g/mol. The first kappa shape index (κ1) is 31.4. The van der Waals surface area contributed by atoms with Gasteiger partial charge in [0.05, 0.1) is 33.4 Å². The molecule has 2 bridgehead atoms. The second-order valence-electron chi connectivity index (χ2n) is 10.3. The zero-order valence-electron chi connectivity index (χ0n) is 23.3. The number of hydrogen-bond acceptors (Lipinski definition) is 16. The van der Waals surface area contributed by atoms with Crippen LogP contribution in [0.25, 0.3) is 22.3 Å². The van der Waals surface area contributed by atoms with Crippen molar-refractivity contribution in [2.24, 2.45) is 0 Å². The quantitative estimate of drug-likeness (QED) is 0.179. The number of ether oxygens (including phenoxy) is 3. The van der Waals surface area contributed by atoms with Crippen LogP contribution >= 0.6 is 15.3 Å². The van der Waals surface area contributed by atoms with Gasteiger partial charge in [0.1, 0.15) is 55.7 Å². The van der Waals surface area contributed by atoms with Gasteiger partial charge < -0.3 is 43.4 Å². The maximum atomic E-state index is 16.1. The lowest BCUT2D eigenvalue weighted by Crippen LogP contribution is -2.37. The number of rotatable bonds is 3. The van der Waals surface area contributed by atoms with E-state index in [0.29, 0.717) is 0 Å². The fourth-order valence-corrected chi connectivity index (χ4v) is 7.24. The van der Waals surface area contributed by atoms with Crippen LogP contribution in [0.5, 0.6) is 0 Å². The van der Waals surface area contributed by atoms with E-state index in [-0.39, 0.29) is 40.6 Å². The summed E-state index contributed by atoms with van der Waals surface area (Å²) in [6.07, 6.45) is -7.30. The highest BCUT2D eigenvalue weighted by atomic mass is 31.2. The summed E-state index contributed by atoms with van der Waals surface area (Å²) in [6.45, 7) is 0.467. The van der Waals surface area contributed by atoms with Gasteiger partial charge in [-0.3, -0.25) is 23.0 Å². The highest BCUT2D eigenvalue weighted by molar-refractivity contribution is 7.79. The van der Waals surface area contributed by atoms with E-state index in [1.807, 2.05) is 0 Å². The summed E-state index contributed by atoms with van der Waals surface area (Å²) in [5.41, 5.74) is 5.81. The predicted molar refractivity (Wildman–Crippen MR) is 155 cm³/mol. The molecule has 4 N–H and O–H groups in total. The summed E-state index contributed by atoms with van der Waals surface area (Å²) in [5, 5.41) is 0. The van der Waals surface area contributed by atoms with Crippen LogP contribution in [0.4, 0.5) is 10.2 Å². The fraction of sp³-hybridized carbons (Fsp3) is 0.545. The van der Waals surface area contributed by atoms with Crippen molar-refractivity contribution in [3.8, 4) is 0 Å². The molecule has 4 aromatic heterocycles. The lowest BCUT2D eigenvalue weighted by molar-refractivity contribution is -0.0630. The largest absolute Gasteiger partial charge is 0.472 e. The molecule has 7 rings (SSSR count). The van der Waals surface area contributed by atoms with E-state index in [9.17, 15) is 18.8 Å². The van der Waals surface area contributed by atoms with E-state index in [1.165, 1.54) is 35.2 Å². The molecular formula is C22H28BFN9O11P2-. The van der Waals surface area contributed by atoms with Gasteiger partial charge in [-0.15, -0.1) is 0 Å². The lowest BCUT2D eigenvalue weighted by atomic mass is 10.1. The Labute approximate surface area is 258 Å². The van der Waals surface area contributed by atoms with Crippen molar-refractivity contribution in [1.82, 2.24) is 39.0 Å². The van der Waals surface area contributed by atoms with Crippen molar-refractivity contribution in [3.05, 3.63) is 35.2 Å². The number of anilines is 1. The number of imidazole rings is 2. The van der Waals surface area contributed by atoms with Crippen molar-refractivity contribution in [2.75, 3.05) is 26.1 Å². The zero-order chi connectivity index (χ0) is 32.5. The fourth-order valence-electron chi connectivity index (χ4n) is 5.54. The van der Waals surface area contributed by atoms with Gasteiger partial charge in [-0.1, -0.05) is 0 Å². The minimum atomic E-state index is -4.98. The Hall–Kier alpha value is -3.17. The Morgan fingerprint density at radius 2 is 1.72 bits per heavy atom. The second-order valence-corrected chi connectivity index (χ2v) is 12.6. The number of aromatic nitrogens is 8. The molecule has 0 saturated carbocycles. The van der Waals surface area contributed by atoms with Gasteiger partial charge in [0.2, 0.25) is 0 Å². The normalized spacial score (nSPS) is 37.2. The smallest absolute Gasteiger partial charge is 0.382 e. The molecule has 3 saturated heterocycles. The monoisotopic (exact) mass is 686 g/mol. The molecule has 7 heterocycles. The number of fused-ring (bicyclic) bond motifs is 5. The van der Waals surface area contributed by atoms with Crippen LogP contribution < -0.4 is 11.3 Å². The minimum absolute atomic E-state index is 0.0127. The number of H-pyrrole nitrogens is 1. The molecule has 10 atom stereocenters. The van der Waals surface area contributed by atoms with E-state index in [1.54, 1.807) is 6.92 Å². The van der Waals surface area contributed by atoms with E-state index in [4.69, 9.17) is 38.0 Å². The van der Waals surface area contributed by atoms with Crippen LogP contribution in [0.2, 0.25) is 0 Å². The maximum Gasteiger partial charge on any atom is 0.472 e. The van der Waals surface area contributed by atoms with Crippen molar-refractivity contribution >= 4 is 51.0 Å². The third-order valence-electron chi connectivity index (χ3n) is 7.52. The first-order chi connectivity index (χ1) is 21.9. The molecule has 3 aliphatic rings. The number of phosphoric ester groups is 1. The number of nitrogens with two attached hydrogens (primary N) is 1. The topological polar surface area (TPSA) is 252 Å². The van der Waals surface area contributed by atoms with Gasteiger partial charge in [0.25, 0.3) is 5.56 Å². The Kier molecular flexibility index (Phi) is 7.87. The molecule has 248 valence electrons. The number of aromatic amines is 1. The van der Waals surface area contributed by atoms with E-state index >= 15 is 4.39 Å². The Morgan fingerprint density at radius 3 is 2.48 bits per heavy atom. The Bertz CT molecular complexity index is 1960. The van der Waals surface area contributed by atoms with Crippen LogP contribution in [0.3, 0.4) is 0 Å². The number of phosphoric acid groups is 1. The van der Waals surface area contributed by atoms with Gasteiger partial charge in [-0.05, 0) is 6.92 Å². The lowest BCUT2D eigenvalue weighted by Gasteiger charge is -2.28. The van der Waals surface area contributed by atoms with Crippen LogP contribution in [0, 0.1) is 6.92 Å². The van der Waals surface area contributed by atoms with Crippen molar-refractivity contribution in [3.63, 3.8) is 0 Å². The summed E-state index contributed by atoms with van der Waals surface area (Å²) in [4.78, 5) is 46.5. The van der Waals surface area contributed by atoms with Gasteiger partial charge >= 0.3 is 7.82 Å². The van der Waals surface area contributed by atoms with E-state index < -0.39 is 84.2 Å². The third kappa shape index (κ3) is 5.47. The Morgan fingerprint density at radius 1 is 1.02 bits per heavy atom. The minimum Gasteiger partial charge on any atom is -0.382 e. The first-order valence-electron chi connectivity index (χ1n) is 13.3. The maximum absolute atomic E-state index is 16.1. The number of hydrogen-bond donors (Lipinski definition) is 3. The molecule has 3 aliphatic heterocycles. The number of halogens is 1. The zero-order valence-corrected chi connectivity index (χ0v) is 25.1. The number of nitrogen functional groups attached to an aromatic ring is 1. The summed E-state index contributed by atoms with van der Waals surface area (Å²) >= 11 is 0. The Balaban J connectivity index is 1.22. The molecule has 3 fully saturated rings. The van der Waals surface area contributed by atoms with Crippen LogP contribution in [-0.2, 0) is 41.4 Å². The number of methoxy groups -OCH3 is 1. The standard InChI is InChI=1S/C22H28BFN9O11P2/c1-8-30-19-13(20(34)31-8)29-7-33(19)22-16-15(38-2)10(42-22)3-39-45(23,35)43-14-9(4-40-46(36,37)44-16)41-21(11(14)24)32-6-28-12-17(25)26-5-27-18(12)32/h5-7,9-11,14-16,21-22H,3-4H2,1-2,23H3,(H,36,37)(H2,25,26,27)(H,30,31,34)/q-1/t9?,10?,11?,14?,15?,16?,21?,22?,45-/m1/s1. The summed E-state index contributed by atoms with van der Waals surface area (Å²) in [7, 11) is -8.75. The molecule has 0 aliphatic carbocycles. The number of aryl methyl sites for hydroxylation is 1.